The van der Waals surface area contributed by atoms with E-state index in [9.17, 15) is 4.79 Å². The van der Waals surface area contributed by atoms with E-state index < -0.39 is 0 Å². The molecule has 25 heavy (non-hydrogen) atoms. The lowest BCUT2D eigenvalue weighted by molar-refractivity contribution is -0.113. The van der Waals surface area contributed by atoms with Crippen molar-refractivity contribution in [1.82, 2.24) is 15.1 Å². The van der Waals surface area contributed by atoms with Crippen LogP contribution in [-0.2, 0) is 11.8 Å². The Morgan fingerprint density at radius 2 is 1.96 bits per heavy atom. The van der Waals surface area contributed by atoms with Gasteiger partial charge in [0, 0.05) is 13.2 Å². The average Bonchev–Trinajstić information content (AvgIpc) is 3.05. The van der Waals surface area contributed by atoms with Crippen molar-refractivity contribution in [3.05, 3.63) is 41.4 Å². The maximum absolute atomic E-state index is 12.8. The molecule has 1 aliphatic rings. The molecule has 2 heterocycles. The number of methoxy groups -OCH3 is 2. The van der Waals surface area contributed by atoms with Gasteiger partial charge < -0.3 is 14.8 Å². The van der Waals surface area contributed by atoms with Crippen molar-refractivity contribution in [2.24, 2.45) is 7.05 Å². The van der Waals surface area contributed by atoms with Crippen LogP contribution >= 0.6 is 12.2 Å². The van der Waals surface area contributed by atoms with E-state index in [-0.39, 0.29) is 5.91 Å². The standard InChI is InChI=1S/C17H18N4O3S/c1-10-13(9-20(2)19-10)21-16(22)12(18-17(21)25)7-11-5-6-14(23-3)15(8-11)24-4/h5-9H,1-4H3,(H,18,25)/b12-7+. The molecule has 0 radical (unpaired) electrons. The van der Waals surface area contributed by atoms with Gasteiger partial charge in [0.2, 0.25) is 0 Å². The van der Waals surface area contributed by atoms with Crippen LogP contribution in [0.5, 0.6) is 11.5 Å². The predicted molar refractivity (Wildman–Crippen MR) is 98.7 cm³/mol. The quantitative estimate of drug-likeness (QED) is 0.666. The summed E-state index contributed by atoms with van der Waals surface area (Å²) >= 11 is 5.32. The molecular formula is C17H18N4O3S. The van der Waals surface area contributed by atoms with Crippen molar-refractivity contribution in [2.75, 3.05) is 19.1 Å². The molecule has 1 aromatic carbocycles. The largest absolute Gasteiger partial charge is 0.493 e. The molecule has 1 amide bonds. The monoisotopic (exact) mass is 358 g/mol. The first-order chi connectivity index (χ1) is 11.9. The van der Waals surface area contributed by atoms with Crippen LogP contribution in [0.2, 0.25) is 0 Å². The van der Waals surface area contributed by atoms with E-state index in [4.69, 9.17) is 21.7 Å². The topological polar surface area (TPSA) is 68.6 Å². The van der Waals surface area contributed by atoms with Gasteiger partial charge in [-0.1, -0.05) is 6.07 Å². The summed E-state index contributed by atoms with van der Waals surface area (Å²) in [5, 5.41) is 7.55. The van der Waals surface area contributed by atoms with Gasteiger partial charge in [-0.3, -0.25) is 9.48 Å². The highest BCUT2D eigenvalue weighted by atomic mass is 32.1. The minimum atomic E-state index is -0.226. The van der Waals surface area contributed by atoms with Crippen LogP contribution in [0.15, 0.2) is 30.1 Å². The van der Waals surface area contributed by atoms with Crippen LogP contribution in [0, 0.1) is 6.92 Å². The summed E-state index contributed by atoms with van der Waals surface area (Å²) in [7, 11) is 4.94. The fourth-order valence-corrected chi connectivity index (χ4v) is 2.96. The minimum Gasteiger partial charge on any atom is -0.493 e. The molecule has 3 rings (SSSR count). The average molecular weight is 358 g/mol. The second kappa shape index (κ2) is 6.56. The maximum atomic E-state index is 12.8. The number of nitrogens with one attached hydrogen (secondary N) is 1. The lowest BCUT2D eigenvalue weighted by Gasteiger charge is -2.12. The number of rotatable bonds is 4. The molecule has 130 valence electrons. The molecule has 0 atom stereocenters. The summed E-state index contributed by atoms with van der Waals surface area (Å²) in [5.41, 5.74) is 2.58. The Kier molecular flexibility index (Phi) is 4.45. The molecule has 0 spiro atoms. The molecule has 1 saturated heterocycles. The van der Waals surface area contributed by atoms with E-state index in [1.54, 1.807) is 50.4 Å². The molecular weight excluding hydrogens is 340 g/mol. The van der Waals surface area contributed by atoms with Crippen molar-refractivity contribution in [2.45, 2.75) is 6.92 Å². The van der Waals surface area contributed by atoms with Gasteiger partial charge in [0.1, 0.15) is 5.70 Å². The van der Waals surface area contributed by atoms with E-state index >= 15 is 0 Å². The number of anilines is 1. The number of nitrogens with zero attached hydrogens (tertiary/aromatic N) is 3. The summed E-state index contributed by atoms with van der Waals surface area (Å²) < 4.78 is 12.2. The second-order valence-electron chi connectivity index (χ2n) is 5.52. The fraction of sp³-hybridized carbons (Fsp3) is 0.235. The van der Waals surface area contributed by atoms with Gasteiger partial charge in [-0.2, -0.15) is 5.10 Å². The van der Waals surface area contributed by atoms with E-state index in [0.717, 1.165) is 11.3 Å². The van der Waals surface area contributed by atoms with Crippen molar-refractivity contribution >= 4 is 35.0 Å². The number of ether oxygens (including phenoxy) is 2. The Morgan fingerprint density at radius 3 is 2.56 bits per heavy atom. The number of carbonyl (C=O) groups excluding carboxylic acids is 1. The lowest BCUT2D eigenvalue weighted by Crippen LogP contribution is -2.30. The first kappa shape index (κ1) is 17.0. The van der Waals surface area contributed by atoms with Gasteiger partial charge in [0.25, 0.3) is 5.91 Å². The van der Waals surface area contributed by atoms with E-state index in [2.05, 4.69) is 10.4 Å². The highest BCUT2D eigenvalue weighted by Gasteiger charge is 2.33. The Hall–Kier alpha value is -2.87. The summed E-state index contributed by atoms with van der Waals surface area (Å²) in [4.78, 5) is 14.2. The zero-order valence-corrected chi connectivity index (χ0v) is 15.2. The van der Waals surface area contributed by atoms with E-state index in [0.29, 0.717) is 28.0 Å². The smallest absolute Gasteiger partial charge is 0.281 e. The summed E-state index contributed by atoms with van der Waals surface area (Å²) in [6.45, 7) is 1.83. The third-order valence-corrected chi connectivity index (χ3v) is 4.11. The first-order valence-corrected chi connectivity index (χ1v) is 7.95. The molecule has 0 unspecified atom stereocenters. The minimum absolute atomic E-state index is 0.226. The highest BCUT2D eigenvalue weighted by Crippen LogP contribution is 2.29. The number of hydrogen-bond donors (Lipinski definition) is 1. The molecule has 0 bridgehead atoms. The molecule has 1 aliphatic heterocycles. The number of aryl methyl sites for hydroxylation is 2. The molecule has 2 aromatic rings. The highest BCUT2D eigenvalue weighted by molar-refractivity contribution is 7.80. The van der Waals surface area contributed by atoms with Gasteiger partial charge in [0.05, 0.1) is 25.6 Å². The molecule has 7 nitrogen and oxygen atoms in total. The summed E-state index contributed by atoms with van der Waals surface area (Å²) in [5.74, 6) is 0.985. The van der Waals surface area contributed by atoms with Crippen LogP contribution < -0.4 is 19.7 Å². The van der Waals surface area contributed by atoms with Gasteiger partial charge >= 0.3 is 0 Å². The second-order valence-corrected chi connectivity index (χ2v) is 5.90. The van der Waals surface area contributed by atoms with Crippen LogP contribution in [0.25, 0.3) is 6.08 Å². The number of thiocarbonyl (C=S) groups is 1. The third kappa shape index (κ3) is 3.08. The lowest BCUT2D eigenvalue weighted by atomic mass is 10.1. The fourth-order valence-electron chi connectivity index (χ4n) is 2.67. The van der Waals surface area contributed by atoms with Crippen molar-refractivity contribution in [3.8, 4) is 11.5 Å². The molecule has 0 saturated carbocycles. The third-order valence-electron chi connectivity index (χ3n) is 3.83. The van der Waals surface area contributed by atoms with Crippen molar-refractivity contribution in [1.29, 1.82) is 0 Å². The van der Waals surface area contributed by atoms with E-state index in [1.807, 2.05) is 13.0 Å². The Morgan fingerprint density at radius 1 is 1.24 bits per heavy atom. The summed E-state index contributed by atoms with van der Waals surface area (Å²) in [6.07, 6.45) is 3.49. The van der Waals surface area contributed by atoms with Crippen LogP contribution in [-0.4, -0.2) is 35.0 Å². The molecule has 1 N–H and O–H groups in total. The van der Waals surface area contributed by atoms with Gasteiger partial charge in [-0.05, 0) is 42.9 Å². The molecule has 8 heteroatoms. The van der Waals surface area contributed by atoms with Crippen LogP contribution in [0.1, 0.15) is 11.3 Å². The predicted octanol–water partition coefficient (Wildman–Crippen LogP) is 2.01. The zero-order chi connectivity index (χ0) is 18.1. The number of amides is 1. The molecule has 0 aliphatic carbocycles. The maximum Gasteiger partial charge on any atom is 0.281 e. The SMILES string of the molecule is COc1ccc(/C=C2/NC(=S)N(c3cn(C)nc3C)C2=O)cc1OC. The van der Waals surface area contributed by atoms with Gasteiger partial charge in [-0.25, -0.2) is 4.90 Å². The Bertz CT molecular complexity index is 888. The van der Waals surface area contributed by atoms with Crippen molar-refractivity contribution < 1.29 is 14.3 Å². The molecule has 1 aromatic heterocycles. The normalized spacial score (nSPS) is 15.7. The van der Waals surface area contributed by atoms with Crippen LogP contribution in [0.3, 0.4) is 0 Å². The number of carbonyl (C=O) groups is 1. The number of hydrogen-bond acceptors (Lipinski definition) is 5. The van der Waals surface area contributed by atoms with Crippen molar-refractivity contribution in [3.63, 3.8) is 0 Å². The Labute approximate surface area is 150 Å². The first-order valence-electron chi connectivity index (χ1n) is 7.54. The van der Waals surface area contributed by atoms with E-state index in [1.165, 1.54) is 4.90 Å². The summed E-state index contributed by atoms with van der Waals surface area (Å²) in [6, 6.07) is 5.41. The number of aromatic nitrogens is 2. The van der Waals surface area contributed by atoms with Gasteiger partial charge in [0.15, 0.2) is 16.6 Å². The Balaban J connectivity index is 1.94. The number of benzene rings is 1. The van der Waals surface area contributed by atoms with Crippen LogP contribution in [0.4, 0.5) is 5.69 Å². The molecule has 1 fully saturated rings. The van der Waals surface area contributed by atoms with Gasteiger partial charge in [-0.15, -0.1) is 0 Å². The zero-order valence-electron chi connectivity index (χ0n) is 14.4.